The van der Waals surface area contributed by atoms with Gasteiger partial charge in [-0.2, -0.15) is 23.4 Å². The first-order valence-corrected chi connectivity index (χ1v) is 6.87. The Bertz CT molecular complexity index is 686. The van der Waals surface area contributed by atoms with Crippen LogP contribution in [0, 0.1) is 0 Å². The normalized spacial score (nSPS) is 11.3. The monoisotopic (exact) mass is 321 g/mol. The molecule has 0 amide bonds. The topological polar surface area (TPSA) is 102 Å². The fourth-order valence-electron chi connectivity index (χ4n) is 1.14. The van der Waals surface area contributed by atoms with Crippen molar-refractivity contribution in [3.63, 3.8) is 0 Å². The third-order valence-electron chi connectivity index (χ3n) is 1.89. The van der Waals surface area contributed by atoms with Crippen LogP contribution >= 0.6 is 23.2 Å². The number of hydrogen-bond donors (Lipinski definition) is 1. The van der Waals surface area contributed by atoms with Crippen LogP contribution in [0.15, 0.2) is 29.2 Å². The van der Waals surface area contributed by atoms with Crippen molar-refractivity contribution in [1.29, 1.82) is 0 Å². The molecule has 19 heavy (non-hydrogen) atoms. The maximum atomic E-state index is 10.8. The van der Waals surface area contributed by atoms with E-state index >= 15 is 0 Å². The van der Waals surface area contributed by atoms with Crippen molar-refractivity contribution in [2.75, 3.05) is 0 Å². The van der Waals surface area contributed by atoms with Gasteiger partial charge in [-0.1, -0.05) is 0 Å². The lowest BCUT2D eigenvalue weighted by molar-refractivity contribution is 0.439. The van der Waals surface area contributed by atoms with Gasteiger partial charge in [-0.25, -0.2) is 0 Å². The lowest BCUT2D eigenvalue weighted by atomic mass is 10.3. The Balaban J connectivity index is 2.24. The van der Waals surface area contributed by atoms with E-state index in [4.69, 9.17) is 32.5 Å². The number of hydrogen-bond acceptors (Lipinski definition) is 6. The van der Waals surface area contributed by atoms with E-state index in [9.17, 15) is 8.42 Å². The Morgan fingerprint density at radius 2 is 1.53 bits per heavy atom. The van der Waals surface area contributed by atoms with Gasteiger partial charge in [0.2, 0.25) is 10.6 Å². The second-order valence-electron chi connectivity index (χ2n) is 3.20. The van der Waals surface area contributed by atoms with E-state index in [0.29, 0.717) is 0 Å². The molecule has 7 nitrogen and oxygen atoms in total. The Hall–Kier alpha value is -1.48. The van der Waals surface area contributed by atoms with Gasteiger partial charge in [-0.15, -0.1) is 0 Å². The molecular formula is C9H5Cl2N3O4S. The van der Waals surface area contributed by atoms with Crippen LogP contribution in [-0.2, 0) is 10.1 Å². The third-order valence-corrected chi connectivity index (χ3v) is 3.10. The van der Waals surface area contributed by atoms with E-state index in [1.807, 2.05) is 0 Å². The molecule has 100 valence electrons. The molecule has 2 rings (SSSR count). The van der Waals surface area contributed by atoms with Crippen molar-refractivity contribution < 1.29 is 17.7 Å². The first kappa shape index (κ1) is 13.9. The summed E-state index contributed by atoms with van der Waals surface area (Å²) in [4.78, 5) is 10.6. The van der Waals surface area contributed by atoms with E-state index in [0.717, 1.165) is 12.1 Å². The van der Waals surface area contributed by atoms with Crippen molar-refractivity contribution in [3.05, 3.63) is 34.8 Å². The van der Waals surface area contributed by atoms with Gasteiger partial charge in [0, 0.05) is 0 Å². The summed E-state index contributed by atoms with van der Waals surface area (Å²) in [6.07, 6.45) is 0. The minimum Gasteiger partial charge on any atom is -0.424 e. The van der Waals surface area contributed by atoms with E-state index in [1.165, 1.54) is 12.1 Å². The Morgan fingerprint density at radius 1 is 1.00 bits per heavy atom. The summed E-state index contributed by atoms with van der Waals surface area (Å²) in [6, 6.07) is 4.82. The summed E-state index contributed by atoms with van der Waals surface area (Å²) in [6.45, 7) is 0. The van der Waals surface area contributed by atoms with E-state index < -0.39 is 10.1 Å². The molecule has 0 saturated heterocycles. The largest absolute Gasteiger partial charge is 0.424 e. The molecule has 0 bridgehead atoms. The molecule has 0 saturated carbocycles. The van der Waals surface area contributed by atoms with E-state index in [-0.39, 0.29) is 27.2 Å². The minimum absolute atomic E-state index is 0.135. The Morgan fingerprint density at radius 3 is 2.00 bits per heavy atom. The fraction of sp³-hybridized carbons (Fsp3) is 0. The summed E-state index contributed by atoms with van der Waals surface area (Å²) in [5, 5.41) is -0.269. The van der Waals surface area contributed by atoms with Crippen LogP contribution in [0.1, 0.15) is 0 Å². The van der Waals surface area contributed by atoms with Crippen molar-refractivity contribution in [3.8, 4) is 11.8 Å². The van der Waals surface area contributed by atoms with Gasteiger partial charge >= 0.3 is 6.01 Å². The molecule has 0 aliphatic heterocycles. The predicted molar refractivity (Wildman–Crippen MR) is 66.2 cm³/mol. The lowest BCUT2D eigenvalue weighted by Gasteiger charge is -2.04. The van der Waals surface area contributed by atoms with Gasteiger partial charge in [-0.05, 0) is 47.5 Å². The molecule has 0 radical (unpaired) electrons. The van der Waals surface area contributed by atoms with Crippen molar-refractivity contribution in [2.24, 2.45) is 0 Å². The van der Waals surface area contributed by atoms with E-state index in [1.54, 1.807) is 0 Å². The minimum atomic E-state index is -4.24. The van der Waals surface area contributed by atoms with Gasteiger partial charge in [-0.3, -0.25) is 4.55 Å². The molecule has 2 aromatic rings. The highest BCUT2D eigenvalue weighted by molar-refractivity contribution is 7.85. The fourth-order valence-corrected chi connectivity index (χ4v) is 1.97. The zero-order chi connectivity index (χ0) is 14.0. The zero-order valence-electron chi connectivity index (χ0n) is 8.99. The highest BCUT2D eigenvalue weighted by Crippen LogP contribution is 2.21. The van der Waals surface area contributed by atoms with Gasteiger partial charge < -0.3 is 4.74 Å². The van der Waals surface area contributed by atoms with Crippen molar-refractivity contribution in [1.82, 2.24) is 15.0 Å². The standard InChI is InChI=1S/C9H5Cl2N3O4S/c10-7-12-8(11)14-9(13-7)18-5-1-3-6(4-2-5)19(15,16)17/h1-4H,(H,15,16,17). The van der Waals surface area contributed by atoms with Crippen LogP contribution in [0.5, 0.6) is 11.8 Å². The molecule has 0 fully saturated rings. The first-order valence-electron chi connectivity index (χ1n) is 4.67. The molecule has 1 heterocycles. The van der Waals surface area contributed by atoms with Crippen LogP contribution < -0.4 is 4.74 Å². The molecule has 0 spiro atoms. The third kappa shape index (κ3) is 3.74. The van der Waals surface area contributed by atoms with Crippen LogP contribution in [0.25, 0.3) is 0 Å². The molecule has 0 aliphatic rings. The first-order chi connectivity index (χ1) is 8.84. The van der Waals surface area contributed by atoms with Crippen molar-refractivity contribution >= 4 is 33.3 Å². The lowest BCUT2D eigenvalue weighted by Crippen LogP contribution is -1.98. The molecule has 10 heteroatoms. The molecular weight excluding hydrogens is 317 g/mol. The van der Waals surface area contributed by atoms with Crippen molar-refractivity contribution in [2.45, 2.75) is 4.90 Å². The number of nitrogens with zero attached hydrogens (tertiary/aromatic N) is 3. The smallest absolute Gasteiger partial charge is 0.327 e. The highest BCUT2D eigenvalue weighted by atomic mass is 35.5. The summed E-state index contributed by atoms with van der Waals surface area (Å²) in [5.74, 6) is 0.241. The van der Waals surface area contributed by atoms with Gasteiger partial charge in [0.05, 0.1) is 4.90 Å². The second-order valence-corrected chi connectivity index (χ2v) is 5.30. The van der Waals surface area contributed by atoms with Crippen LogP contribution in [-0.4, -0.2) is 27.9 Å². The predicted octanol–water partition coefficient (Wildman–Crippen LogP) is 2.22. The number of aromatic nitrogens is 3. The summed E-state index contributed by atoms with van der Waals surface area (Å²) >= 11 is 11.1. The highest BCUT2D eigenvalue weighted by Gasteiger charge is 2.10. The second kappa shape index (κ2) is 5.25. The molecule has 1 aromatic heterocycles. The number of rotatable bonds is 3. The Kier molecular flexibility index (Phi) is 3.85. The van der Waals surface area contributed by atoms with E-state index in [2.05, 4.69) is 15.0 Å². The molecule has 0 unspecified atom stereocenters. The quantitative estimate of drug-likeness (QED) is 0.864. The number of benzene rings is 1. The summed E-state index contributed by atoms with van der Waals surface area (Å²) in [5.41, 5.74) is 0. The molecule has 0 atom stereocenters. The maximum absolute atomic E-state index is 10.8. The SMILES string of the molecule is O=S(=O)(O)c1ccc(Oc2nc(Cl)nc(Cl)n2)cc1. The number of halogens is 2. The maximum Gasteiger partial charge on any atom is 0.327 e. The van der Waals surface area contributed by atoms with Gasteiger partial charge in [0.1, 0.15) is 5.75 Å². The van der Waals surface area contributed by atoms with Crippen LogP contribution in [0.4, 0.5) is 0 Å². The van der Waals surface area contributed by atoms with Crippen LogP contribution in [0.2, 0.25) is 10.6 Å². The molecule has 1 N–H and O–H groups in total. The number of ether oxygens (including phenoxy) is 1. The van der Waals surface area contributed by atoms with Gasteiger partial charge in [0.15, 0.2) is 0 Å². The molecule has 0 aliphatic carbocycles. The summed E-state index contributed by atoms with van der Waals surface area (Å²) < 4.78 is 35.7. The summed E-state index contributed by atoms with van der Waals surface area (Å²) in [7, 11) is -4.24. The van der Waals surface area contributed by atoms with Crippen LogP contribution in [0.3, 0.4) is 0 Å². The average molecular weight is 322 g/mol. The molecule has 1 aromatic carbocycles. The van der Waals surface area contributed by atoms with Gasteiger partial charge in [0.25, 0.3) is 10.1 Å². The average Bonchev–Trinajstić information content (AvgIpc) is 2.26. The zero-order valence-corrected chi connectivity index (χ0v) is 11.3. The Labute approximate surface area is 117 Å².